The number of hydrogen-bond acceptors (Lipinski definition) is 7. The average molecular weight is 751 g/mol. The van der Waals surface area contributed by atoms with Gasteiger partial charge in [0.2, 0.25) is 0 Å². The molecule has 2 aliphatic rings. The zero-order valence-electron chi connectivity index (χ0n) is 28.3. The lowest BCUT2D eigenvalue weighted by molar-refractivity contribution is -0.270. The van der Waals surface area contributed by atoms with Gasteiger partial charge in [0.1, 0.15) is 24.4 Å². The standard InChI is InChI=1S/C41H33Cl2N3O7/c1-50-37-27(20-51-18-21-10-4-2-5-11-21)53-41(36(47)38(37)52-19-22-12-6-3-7-13-22)46-34-24(15-9-17-26(34)43)29-31-30(39(48)45-40(31)49)28-23-14-8-16-25(42)32(23)44-33(28)35(29)46/h2-17,27,36-38,41,44,47H,18-20H2,1H3,(H,45,48,49)/t27-,36-,37-,38-,41-/m1/s1. The van der Waals surface area contributed by atoms with E-state index in [-0.39, 0.29) is 24.3 Å². The highest BCUT2D eigenvalue weighted by atomic mass is 35.5. The van der Waals surface area contributed by atoms with Gasteiger partial charge in [0.25, 0.3) is 11.8 Å². The first-order valence-electron chi connectivity index (χ1n) is 17.2. The molecule has 0 saturated carbocycles. The number of nitrogens with zero attached hydrogens (tertiary/aromatic N) is 1. The molecule has 0 aliphatic carbocycles. The first-order valence-corrected chi connectivity index (χ1v) is 18.0. The van der Waals surface area contributed by atoms with E-state index in [4.69, 9.17) is 42.1 Å². The SMILES string of the molecule is CO[C@H]1[C@H](OCc2ccccc2)[C@@H](O)[C@H](n2c3c(Cl)cccc3c3c4c(c5c6cccc(Cl)c6[nH]c5c32)C(=O)NC4=O)O[C@@H]1COCc1ccccc1. The molecule has 10 nitrogen and oxygen atoms in total. The summed E-state index contributed by atoms with van der Waals surface area (Å²) in [6.07, 6.45) is -4.79. The maximum Gasteiger partial charge on any atom is 0.259 e. The number of carbonyl (C=O) groups excluding carboxylic acids is 2. The molecular formula is C41H33Cl2N3O7. The van der Waals surface area contributed by atoms with Gasteiger partial charge < -0.3 is 33.6 Å². The van der Waals surface area contributed by atoms with Crippen LogP contribution in [0.25, 0.3) is 43.6 Å². The maximum absolute atomic E-state index is 13.7. The molecular weight excluding hydrogens is 717 g/mol. The predicted molar refractivity (Wildman–Crippen MR) is 202 cm³/mol. The number of methoxy groups -OCH3 is 1. The summed E-state index contributed by atoms with van der Waals surface area (Å²) in [5.41, 5.74) is 4.48. The molecule has 2 aromatic heterocycles. The lowest BCUT2D eigenvalue weighted by Gasteiger charge is -2.44. The van der Waals surface area contributed by atoms with Crippen LogP contribution in [0.2, 0.25) is 10.0 Å². The summed E-state index contributed by atoms with van der Waals surface area (Å²) in [5, 5.41) is 18.0. The summed E-state index contributed by atoms with van der Waals surface area (Å²) < 4.78 is 27.4. The summed E-state index contributed by atoms with van der Waals surface area (Å²) in [4.78, 5) is 30.7. The molecule has 2 aliphatic heterocycles. The summed E-state index contributed by atoms with van der Waals surface area (Å²) in [6.45, 7) is 0.629. The second-order valence-electron chi connectivity index (χ2n) is 13.3. The van der Waals surface area contributed by atoms with Gasteiger partial charge in [-0.1, -0.05) is 108 Å². The minimum absolute atomic E-state index is 0.108. The number of H-pyrrole nitrogens is 1. The first kappa shape index (κ1) is 34.0. The van der Waals surface area contributed by atoms with Gasteiger partial charge in [0.15, 0.2) is 6.23 Å². The van der Waals surface area contributed by atoms with Gasteiger partial charge in [-0.05, 0) is 23.3 Å². The molecule has 5 aromatic carbocycles. The first-order chi connectivity index (χ1) is 25.9. The number of aliphatic hydroxyl groups is 1. The van der Waals surface area contributed by atoms with Crippen molar-refractivity contribution in [3.63, 3.8) is 0 Å². The smallest absolute Gasteiger partial charge is 0.259 e. The molecule has 9 rings (SSSR count). The highest BCUT2D eigenvalue weighted by Gasteiger charge is 2.49. The number of imide groups is 1. The van der Waals surface area contributed by atoms with Crippen LogP contribution in [0.1, 0.15) is 38.1 Å². The number of ether oxygens (including phenoxy) is 4. The average Bonchev–Trinajstić information content (AvgIpc) is 3.82. The van der Waals surface area contributed by atoms with Crippen LogP contribution >= 0.6 is 23.2 Å². The molecule has 4 heterocycles. The number of para-hydroxylation sites is 2. The third-order valence-electron chi connectivity index (χ3n) is 10.3. The highest BCUT2D eigenvalue weighted by molar-refractivity contribution is 6.43. The molecule has 1 fully saturated rings. The van der Waals surface area contributed by atoms with E-state index < -0.39 is 42.5 Å². The van der Waals surface area contributed by atoms with Crippen LogP contribution in [0.4, 0.5) is 0 Å². The Kier molecular flexibility index (Phi) is 8.71. The van der Waals surface area contributed by atoms with Crippen molar-refractivity contribution in [2.24, 2.45) is 0 Å². The van der Waals surface area contributed by atoms with Crippen LogP contribution in [-0.4, -0.2) is 64.6 Å². The third kappa shape index (κ3) is 5.52. The van der Waals surface area contributed by atoms with Crippen molar-refractivity contribution in [2.45, 2.75) is 43.9 Å². The van der Waals surface area contributed by atoms with Gasteiger partial charge >= 0.3 is 0 Å². The molecule has 3 N–H and O–H groups in total. The van der Waals surface area contributed by atoms with Gasteiger partial charge in [-0.2, -0.15) is 0 Å². The molecule has 1 saturated heterocycles. The van der Waals surface area contributed by atoms with Crippen molar-refractivity contribution < 1.29 is 33.6 Å². The van der Waals surface area contributed by atoms with Gasteiger partial charge in [-0.25, -0.2) is 0 Å². The van der Waals surface area contributed by atoms with Gasteiger partial charge in [0, 0.05) is 28.7 Å². The normalized spacial score (nSPS) is 21.6. The number of benzene rings is 5. The molecule has 12 heteroatoms. The van der Waals surface area contributed by atoms with E-state index in [0.717, 1.165) is 11.1 Å². The Morgan fingerprint density at radius 1 is 0.736 bits per heavy atom. The topological polar surface area (TPSA) is 124 Å². The monoisotopic (exact) mass is 749 g/mol. The molecule has 0 bridgehead atoms. The fraction of sp³-hybridized carbons (Fsp3) is 0.220. The van der Waals surface area contributed by atoms with Gasteiger partial charge in [-0.3, -0.25) is 14.9 Å². The Labute approximate surface area is 313 Å². The van der Waals surface area contributed by atoms with E-state index in [1.807, 2.05) is 77.4 Å². The molecule has 2 amide bonds. The number of rotatable bonds is 9. The summed E-state index contributed by atoms with van der Waals surface area (Å²) >= 11 is 13.8. The Morgan fingerprint density at radius 2 is 1.38 bits per heavy atom. The van der Waals surface area contributed by atoms with E-state index in [1.165, 1.54) is 0 Å². The summed E-state index contributed by atoms with van der Waals surface area (Å²) in [5.74, 6) is -1.05. The fourth-order valence-electron chi connectivity index (χ4n) is 7.99. The van der Waals surface area contributed by atoms with Crippen molar-refractivity contribution in [2.75, 3.05) is 13.7 Å². The fourth-order valence-corrected chi connectivity index (χ4v) is 8.48. The van der Waals surface area contributed by atoms with Crippen molar-refractivity contribution in [3.8, 4) is 0 Å². The molecule has 0 radical (unpaired) electrons. The number of aliphatic hydroxyl groups excluding tert-OH is 1. The lowest BCUT2D eigenvalue weighted by Crippen LogP contribution is -2.58. The Hall–Kier alpha value is -4.78. The molecule has 53 heavy (non-hydrogen) atoms. The molecule has 7 aromatic rings. The number of aromatic amines is 1. The second kappa shape index (κ2) is 13.6. The van der Waals surface area contributed by atoms with Crippen LogP contribution in [0.5, 0.6) is 0 Å². The number of hydrogen-bond donors (Lipinski definition) is 3. The van der Waals surface area contributed by atoms with E-state index in [1.54, 1.807) is 31.4 Å². The lowest BCUT2D eigenvalue weighted by atomic mass is 9.96. The maximum atomic E-state index is 13.7. The van der Waals surface area contributed by atoms with Crippen LogP contribution in [-0.2, 0) is 32.2 Å². The minimum Gasteiger partial charge on any atom is -0.386 e. The number of nitrogens with one attached hydrogen (secondary N) is 2. The van der Waals surface area contributed by atoms with Crippen molar-refractivity contribution >= 4 is 78.6 Å². The molecule has 0 unspecified atom stereocenters. The van der Waals surface area contributed by atoms with Crippen molar-refractivity contribution in [3.05, 3.63) is 129 Å². The Bertz CT molecular complexity index is 2550. The third-order valence-corrected chi connectivity index (χ3v) is 10.9. The highest BCUT2D eigenvalue weighted by Crippen LogP contribution is 2.48. The number of halogens is 2. The number of amides is 2. The van der Waals surface area contributed by atoms with Crippen molar-refractivity contribution in [1.82, 2.24) is 14.9 Å². The van der Waals surface area contributed by atoms with Crippen LogP contribution in [0.15, 0.2) is 97.1 Å². The van der Waals surface area contributed by atoms with E-state index in [9.17, 15) is 14.7 Å². The quantitative estimate of drug-likeness (QED) is 0.129. The predicted octanol–water partition coefficient (Wildman–Crippen LogP) is 7.69. The van der Waals surface area contributed by atoms with E-state index in [0.29, 0.717) is 60.3 Å². The second-order valence-corrected chi connectivity index (χ2v) is 14.1. The Balaban J connectivity index is 1.27. The number of carbonyl (C=O) groups is 2. The largest absolute Gasteiger partial charge is 0.386 e. The van der Waals surface area contributed by atoms with E-state index >= 15 is 0 Å². The van der Waals surface area contributed by atoms with Crippen LogP contribution in [0, 0.1) is 0 Å². The van der Waals surface area contributed by atoms with Gasteiger partial charge in [-0.15, -0.1) is 0 Å². The van der Waals surface area contributed by atoms with Crippen LogP contribution in [0.3, 0.4) is 0 Å². The summed E-state index contributed by atoms with van der Waals surface area (Å²) in [6, 6.07) is 30.2. The van der Waals surface area contributed by atoms with Crippen molar-refractivity contribution in [1.29, 1.82) is 0 Å². The molecule has 0 spiro atoms. The van der Waals surface area contributed by atoms with Crippen LogP contribution < -0.4 is 5.32 Å². The number of aromatic nitrogens is 2. The van der Waals surface area contributed by atoms with Gasteiger partial charge in [0.05, 0.1) is 63.1 Å². The van der Waals surface area contributed by atoms with E-state index in [2.05, 4.69) is 10.3 Å². The zero-order valence-corrected chi connectivity index (χ0v) is 29.9. The minimum atomic E-state index is -1.31. The summed E-state index contributed by atoms with van der Waals surface area (Å²) in [7, 11) is 1.55. The Morgan fingerprint density at radius 3 is 2.08 bits per heavy atom. The zero-order chi connectivity index (χ0) is 36.4. The molecule has 5 atom stereocenters. The number of fused-ring (bicyclic) bond motifs is 10. The molecule has 268 valence electrons.